The Kier molecular flexibility index (Phi) is 4.47. The predicted octanol–water partition coefficient (Wildman–Crippen LogP) is 2.32. The summed E-state index contributed by atoms with van der Waals surface area (Å²) in [6.07, 6.45) is 2.28. The van der Waals surface area contributed by atoms with Gasteiger partial charge < -0.3 is 10.2 Å². The van der Waals surface area contributed by atoms with E-state index in [1.165, 1.54) is 11.9 Å². The summed E-state index contributed by atoms with van der Waals surface area (Å²) in [5.74, 6) is -0.968. The van der Waals surface area contributed by atoms with Crippen molar-refractivity contribution in [2.75, 3.05) is 25.0 Å². The molecule has 19 heavy (non-hydrogen) atoms. The number of anilines is 1. The molecule has 104 valence electrons. The maximum atomic E-state index is 13.6. The zero-order valence-electron chi connectivity index (χ0n) is 11.0. The van der Waals surface area contributed by atoms with Crippen molar-refractivity contribution < 1.29 is 13.6 Å². The minimum Gasteiger partial charge on any atom is -0.317 e. The molecule has 1 aliphatic rings. The minimum atomic E-state index is -0.581. The van der Waals surface area contributed by atoms with Gasteiger partial charge in [0.05, 0.1) is 5.69 Å². The molecule has 1 aromatic carbocycles. The predicted molar refractivity (Wildman–Crippen MR) is 70.0 cm³/mol. The molecule has 3 nitrogen and oxygen atoms in total. The zero-order chi connectivity index (χ0) is 13.8. The molecule has 1 heterocycles. The van der Waals surface area contributed by atoms with Crippen LogP contribution in [-0.4, -0.2) is 26.0 Å². The van der Waals surface area contributed by atoms with Crippen LogP contribution in [0.15, 0.2) is 18.2 Å². The van der Waals surface area contributed by atoms with Crippen LogP contribution < -0.4 is 10.2 Å². The molecule has 0 aromatic heterocycles. The quantitative estimate of drug-likeness (QED) is 0.912. The third-order valence-corrected chi connectivity index (χ3v) is 3.57. The van der Waals surface area contributed by atoms with Crippen LogP contribution in [0.3, 0.4) is 0 Å². The molecule has 1 N–H and O–H groups in total. The Labute approximate surface area is 111 Å². The van der Waals surface area contributed by atoms with Crippen LogP contribution in [0.2, 0.25) is 0 Å². The number of nitrogens with zero attached hydrogens (tertiary/aromatic N) is 1. The number of hydrogen-bond acceptors (Lipinski definition) is 2. The summed E-state index contributed by atoms with van der Waals surface area (Å²) in [5, 5.41) is 3.23. The van der Waals surface area contributed by atoms with Gasteiger partial charge in [-0.3, -0.25) is 4.79 Å². The van der Waals surface area contributed by atoms with E-state index in [9.17, 15) is 13.6 Å². The van der Waals surface area contributed by atoms with Gasteiger partial charge in [-0.1, -0.05) is 0 Å². The Morgan fingerprint density at radius 1 is 1.37 bits per heavy atom. The molecule has 0 unspecified atom stereocenters. The first kappa shape index (κ1) is 13.9. The number of halogens is 2. The third kappa shape index (κ3) is 3.50. The van der Waals surface area contributed by atoms with E-state index in [-0.39, 0.29) is 11.6 Å². The smallest absolute Gasteiger partial charge is 0.227 e. The lowest BCUT2D eigenvalue weighted by molar-refractivity contribution is -0.119. The Morgan fingerprint density at radius 3 is 2.74 bits per heavy atom. The summed E-state index contributed by atoms with van der Waals surface area (Å²) in [6.45, 7) is 1.83. The van der Waals surface area contributed by atoms with E-state index < -0.39 is 11.6 Å². The van der Waals surface area contributed by atoms with Crippen molar-refractivity contribution in [3.05, 3.63) is 29.8 Å². The van der Waals surface area contributed by atoms with Crippen molar-refractivity contribution in [3.8, 4) is 0 Å². The molecular weight excluding hydrogens is 250 g/mol. The minimum absolute atomic E-state index is 0.000987. The number of rotatable bonds is 3. The highest BCUT2D eigenvalue weighted by molar-refractivity contribution is 5.93. The second-order valence-electron chi connectivity index (χ2n) is 4.95. The second kappa shape index (κ2) is 6.10. The van der Waals surface area contributed by atoms with Crippen LogP contribution in [0.4, 0.5) is 14.5 Å². The maximum absolute atomic E-state index is 13.6. The van der Waals surface area contributed by atoms with Crippen LogP contribution >= 0.6 is 0 Å². The molecule has 1 aliphatic heterocycles. The molecule has 0 spiro atoms. The van der Waals surface area contributed by atoms with Gasteiger partial charge in [-0.05, 0) is 44.0 Å². The highest BCUT2D eigenvalue weighted by Gasteiger charge is 2.21. The summed E-state index contributed by atoms with van der Waals surface area (Å²) in [4.78, 5) is 13.3. The number of piperidine rings is 1. The average molecular weight is 268 g/mol. The van der Waals surface area contributed by atoms with Gasteiger partial charge in [0.1, 0.15) is 11.6 Å². The van der Waals surface area contributed by atoms with Crippen molar-refractivity contribution in [2.45, 2.75) is 19.3 Å². The van der Waals surface area contributed by atoms with Crippen LogP contribution in [0.25, 0.3) is 0 Å². The molecule has 0 radical (unpaired) electrons. The van der Waals surface area contributed by atoms with Gasteiger partial charge in [-0.2, -0.15) is 0 Å². The number of amides is 1. The first-order valence-corrected chi connectivity index (χ1v) is 6.50. The van der Waals surface area contributed by atoms with Gasteiger partial charge >= 0.3 is 0 Å². The monoisotopic (exact) mass is 268 g/mol. The Hall–Kier alpha value is -1.49. The zero-order valence-corrected chi connectivity index (χ0v) is 11.0. The molecular formula is C14H18F2N2O. The van der Waals surface area contributed by atoms with Gasteiger partial charge in [0.2, 0.25) is 5.91 Å². The SMILES string of the molecule is CN(C(=O)CC1CCNCC1)c1cc(F)ccc1F. The molecule has 2 rings (SSSR count). The van der Waals surface area contributed by atoms with E-state index in [0.29, 0.717) is 12.3 Å². The van der Waals surface area contributed by atoms with Crippen molar-refractivity contribution in [1.82, 2.24) is 5.32 Å². The number of carbonyl (C=O) groups excluding carboxylic acids is 1. The van der Waals surface area contributed by atoms with Crippen molar-refractivity contribution in [1.29, 1.82) is 0 Å². The van der Waals surface area contributed by atoms with Crippen LogP contribution in [0, 0.1) is 17.6 Å². The van der Waals surface area contributed by atoms with Gasteiger partial charge in [0, 0.05) is 19.5 Å². The van der Waals surface area contributed by atoms with E-state index in [2.05, 4.69) is 5.32 Å². The molecule has 1 fully saturated rings. The van der Waals surface area contributed by atoms with E-state index in [4.69, 9.17) is 0 Å². The summed E-state index contributed by atoms with van der Waals surface area (Å²) >= 11 is 0. The van der Waals surface area contributed by atoms with Crippen LogP contribution in [0.1, 0.15) is 19.3 Å². The Bertz CT molecular complexity index is 459. The highest BCUT2D eigenvalue weighted by atomic mass is 19.1. The summed E-state index contributed by atoms with van der Waals surface area (Å²) < 4.78 is 26.7. The van der Waals surface area contributed by atoms with Crippen LogP contribution in [0.5, 0.6) is 0 Å². The summed E-state index contributed by atoms with van der Waals surface area (Å²) in [7, 11) is 1.49. The molecule has 0 aliphatic carbocycles. The molecule has 1 amide bonds. The fourth-order valence-corrected chi connectivity index (χ4v) is 2.35. The summed E-state index contributed by atoms with van der Waals surface area (Å²) in [5.41, 5.74) is -0.000987. The number of carbonyl (C=O) groups is 1. The Balaban J connectivity index is 2.03. The maximum Gasteiger partial charge on any atom is 0.227 e. The molecule has 0 saturated carbocycles. The molecule has 1 aromatic rings. The van der Waals surface area contributed by atoms with Gasteiger partial charge in [-0.15, -0.1) is 0 Å². The Morgan fingerprint density at radius 2 is 2.05 bits per heavy atom. The van der Waals surface area contributed by atoms with Gasteiger partial charge in [0.25, 0.3) is 0 Å². The van der Waals surface area contributed by atoms with E-state index in [1.807, 2.05) is 0 Å². The van der Waals surface area contributed by atoms with Crippen molar-refractivity contribution >= 4 is 11.6 Å². The van der Waals surface area contributed by atoms with Crippen molar-refractivity contribution in [3.63, 3.8) is 0 Å². The fraction of sp³-hybridized carbons (Fsp3) is 0.500. The lowest BCUT2D eigenvalue weighted by Gasteiger charge is -2.25. The summed E-state index contributed by atoms with van der Waals surface area (Å²) in [6, 6.07) is 3.14. The first-order valence-electron chi connectivity index (χ1n) is 6.50. The highest BCUT2D eigenvalue weighted by Crippen LogP contribution is 2.23. The van der Waals surface area contributed by atoms with Crippen molar-refractivity contribution in [2.24, 2.45) is 5.92 Å². The lowest BCUT2D eigenvalue weighted by Crippen LogP contribution is -2.33. The number of nitrogens with one attached hydrogen (secondary N) is 1. The third-order valence-electron chi connectivity index (χ3n) is 3.57. The van der Waals surface area contributed by atoms with Gasteiger partial charge in [-0.25, -0.2) is 8.78 Å². The first-order chi connectivity index (χ1) is 9.08. The lowest BCUT2D eigenvalue weighted by atomic mass is 9.94. The van der Waals surface area contributed by atoms with E-state index in [0.717, 1.165) is 44.1 Å². The molecule has 0 bridgehead atoms. The van der Waals surface area contributed by atoms with Gasteiger partial charge in [0.15, 0.2) is 0 Å². The van der Waals surface area contributed by atoms with E-state index >= 15 is 0 Å². The number of hydrogen-bond donors (Lipinski definition) is 1. The average Bonchev–Trinajstić information content (AvgIpc) is 2.42. The molecule has 5 heteroatoms. The molecule has 0 atom stereocenters. The fourth-order valence-electron chi connectivity index (χ4n) is 2.35. The molecule has 1 saturated heterocycles. The largest absolute Gasteiger partial charge is 0.317 e. The van der Waals surface area contributed by atoms with E-state index in [1.54, 1.807) is 0 Å². The second-order valence-corrected chi connectivity index (χ2v) is 4.95. The normalized spacial score (nSPS) is 16.4. The standard InChI is InChI=1S/C14H18F2N2O/c1-18(13-9-11(15)2-3-12(13)16)14(19)8-10-4-6-17-7-5-10/h2-3,9-10,17H,4-8H2,1H3. The number of benzene rings is 1. The van der Waals surface area contributed by atoms with Crippen LogP contribution in [-0.2, 0) is 4.79 Å². The topological polar surface area (TPSA) is 32.3 Å².